The molecule has 0 unspecified atom stereocenters. The maximum Gasteiger partial charge on any atom is 0.341 e. The fraction of sp³-hybridized carbons (Fsp3) is 0.192. The molecule has 1 heterocycles. The lowest BCUT2D eigenvalue weighted by molar-refractivity contribution is -0.193. The first-order valence-corrected chi connectivity index (χ1v) is 10.7. The quantitative estimate of drug-likeness (QED) is 0.270. The molecule has 1 aliphatic heterocycles. The molecule has 1 fully saturated rings. The standard InChI is InChI=1S/C26H20BF3O5/c1-2-23-32-12-18(13-33-23)35-26(31)20-8-7-17(11-21(20)28)15-3-5-16(6-4-15)19-9-10-22(34-14-27)25(30)24(19)29/h2-11,18,23H,1,12-14H2. The Hall–Kier alpha value is -3.56. The minimum absolute atomic E-state index is 0.0396. The zero-order valence-electron chi connectivity index (χ0n) is 18.5. The highest BCUT2D eigenvalue weighted by Crippen LogP contribution is 2.31. The first-order valence-electron chi connectivity index (χ1n) is 10.7. The van der Waals surface area contributed by atoms with E-state index >= 15 is 0 Å². The van der Waals surface area contributed by atoms with Gasteiger partial charge in [0, 0.05) is 12.1 Å². The molecule has 3 aromatic rings. The van der Waals surface area contributed by atoms with Crippen LogP contribution in [0.4, 0.5) is 13.2 Å². The van der Waals surface area contributed by atoms with Crippen LogP contribution < -0.4 is 4.74 Å². The van der Waals surface area contributed by atoms with Gasteiger partial charge in [-0.15, -0.1) is 0 Å². The maximum absolute atomic E-state index is 14.7. The van der Waals surface area contributed by atoms with Crippen LogP contribution >= 0.6 is 0 Å². The van der Waals surface area contributed by atoms with Gasteiger partial charge in [-0.25, -0.2) is 13.6 Å². The first kappa shape index (κ1) is 24.6. The van der Waals surface area contributed by atoms with Crippen molar-refractivity contribution in [2.75, 3.05) is 19.7 Å². The van der Waals surface area contributed by atoms with Crippen LogP contribution in [0.1, 0.15) is 10.4 Å². The van der Waals surface area contributed by atoms with Gasteiger partial charge in [0.25, 0.3) is 0 Å². The molecule has 0 spiro atoms. The average Bonchev–Trinajstić information content (AvgIpc) is 2.87. The van der Waals surface area contributed by atoms with Gasteiger partial charge >= 0.3 is 5.97 Å². The highest BCUT2D eigenvalue weighted by Gasteiger charge is 2.25. The molecule has 2 radical (unpaired) electrons. The van der Waals surface area contributed by atoms with E-state index in [0.29, 0.717) is 16.7 Å². The highest BCUT2D eigenvalue weighted by atomic mass is 19.2. The fourth-order valence-electron chi connectivity index (χ4n) is 3.58. The molecule has 0 aliphatic carbocycles. The van der Waals surface area contributed by atoms with E-state index in [0.717, 1.165) is 0 Å². The van der Waals surface area contributed by atoms with Crippen LogP contribution in [0.15, 0.2) is 67.3 Å². The topological polar surface area (TPSA) is 54.0 Å². The largest absolute Gasteiger partial charge is 0.500 e. The summed E-state index contributed by atoms with van der Waals surface area (Å²) in [6.07, 6.45) is 0.255. The molecule has 0 N–H and O–H groups in total. The second-order valence-corrected chi connectivity index (χ2v) is 7.62. The third kappa shape index (κ3) is 5.42. The van der Waals surface area contributed by atoms with Gasteiger partial charge in [-0.1, -0.05) is 36.9 Å². The summed E-state index contributed by atoms with van der Waals surface area (Å²) in [5, 5.41) is 0. The number of ether oxygens (including phenoxy) is 4. The van der Waals surface area contributed by atoms with Crippen molar-refractivity contribution in [2.45, 2.75) is 12.4 Å². The van der Waals surface area contributed by atoms with Gasteiger partial charge < -0.3 is 18.9 Å². The smallest absolute Gasteiger partial charge is 0.341 e. The lowest BCUT2D eigenvalue weighted by Gasteiger charge is -2.27. The summed E-state index contributed by atoms with van der Waals surface area (Å²) in [5.74, 6) is -4.07. The van der Waals surface area contributed by atoms with Crippen molar-refractivity contribution >= 4 is 13.8 Å². The Balaban J connectivity index is 1.47. The van der Waals surface area contributed by atoms with E-state index < -0.39 is 35.8 Å². The molecule has 0 bridgehead atoms. The highest BCUT2D eigenvalue weighted by molar-refractivity contribution is 6.08. The number of hydrogen-bond acceptors (Lipinski definition) is 5. The van der Waals surface area contributed by atoms with Crippen LogP contribution in [0, 0.1) is 17.5 Å². The summed E-state index contributed by atoms with van der Waals surface area (Å²) in [6.45, 7) is 3.50. The second kappa shape index (κ2) is 10.8. The molecule has 3 aromatic carbocycles. The van der Waals surface area contributed by atoms with Gasteiger partial charge in [0.05, 0.1) is 18.8 Å². The number of esters is 1. The molecule has 4 rings (SSSR count). The van der Waals surface area contributed by atoms with Crippen LogP contribution in [0.25, 0.3) is 22.3 Å². The van der Waals surface area contributed by atoms with Crippen molar-refractivity contribution in [1.29, 1.82) is 0 Å². The van der Waals surface area contributed by atoms with Crippen molar-refractivity contribution in [3.05, 3.63) is 90.3 Å². The number of carbonyl (C=O) groups is 1. The van der Waals surface area contributed by atoms with E-state index in [2.05, 4.69) is 6.58 Å². The molecular formula is C26H20BF3O5. The maximum atomic E-state index is 14.7. The van der Waals surface area contributed by atoms with E-state index in [1.807, 2.05) is 0 Å². The number of carbonyl (C=O) groups excluding carboxylic acids is 1. The van der Waals surface area contributed by atoms with E-state index in [1.54, 1.807) is 30.3 Å². The van der Waals surface area contributed by atoms with Gasteiger partial charge in [-0.05, 0) is 47.0 Å². The minimum Gasteiger partial charge on any atom is -0.500 e. The van der Waals surface area contributed by atoms with Crippen molar-refractivity contribution in [1.82, 2.24) is 0 Å². The lowest BCUT2D eigenvalue weighted by Crippen LogP contribution is -2.37. The monoisotopic (exact) mass is 480 g/mol. The predicted octanol–water partition coefficient (Wildman–Crippen LogP) is 5.03. The second-order valence-electron chi connectivity index (χ2n) is 7.62. The number of rotatable bonds is 7. The van der Waals surface area contributed by atoms with Crippen LogP contribution in [0.2, 0.25) is 0 Å². The van der Waals surface area contributed by atoms with E-state index in [-0.39, 0.29) is 36.6 Å². The molecule has 178 valence electrons. The van der Waals surface area contributed by atoms with Crippen molar-refractivity contribution in [2.24, 2.45) is 0 Å². The van der Waals surface area contributed by atoms with Gasteiger partial charge in [0.2, 0.25) is 5.82 Å². The van der Waals surface area contributed by atoms with Crippen LogP contribution in [0.3, 0.4) is 0 Å². The number of hydrogen-bond donors (Lipinski definition) is 0. The Morgan fingerprint density at radius 2 is 1.63 bits per heavy atom. The average molecular weight is 480 g/mol. The molecule has 0 amide bonds. The lowest BCUT2D eigenvalue weighted by atomic mass is 9.99. The van der Waals surface area contributed by atoms with Crippen molar-refractivity contribution < 1.29 is 36.9 Å². The Morgan fingerprint density at radius 1 is 0.971 bits per heavy atom. The van der Waals surface area contributed by atoms with Gasteiger partial charge in [0.1, 0.15) is 19.8 Å². The zero-order chi connectivity index (χ0) is 24.9. The van der Waals surface area contributed by atoms with E-state index in [9.17, 15) is 18.0 Å². The zero-order valence-corrected chi connectivity index (χ0v) is 18.5. The number of benzene rings is 3. The van der Waals surface area contributed by atoms with Crippen molar-refractivity contribution in [3.8, 4) is 28.0 Å². The summed E-state index contributed by atoms with van der Waals surface area (Å²) in [6, 6.07) is 13.2. The predicted molar refractivity (Wildman–Crippen MR) is 124 cm³/mol. The van der Waals surface area contributed by atoms with Crippen LogP contribution in [0.5, 0.6) is 5.75 Å². The van der Waals surface area contributed by atoms with Crippen LogP contribution in [-0.4, -0.2) is 45.9 Å². The molecule has 0 saturated carbocycles. The fourth-order valence-corrected chi connectivity index (χ4v) is 3.58. The summed E-state index contributed by atoms with van der Waals surface area (Å²) in [4.78, 5) is 12.4. The Labute approximate surface area is 201 Å². The Morgan fingerprint density at radius 3 is 2.26 bits per heavy atom. The molecule has 0 aromatic heterocycles. The first-order chi connectivity index (χ1) is 16.9. The Kier molecular flexibility index (Phi) is 7.58. The third-order valence-corrected chi connectivity index (χ3v) is 5.36. The normalized spacial score (nSPS) is 17.6. The van der Waals surface area contributed by atoms with Crippen molar-refractivity contribution in [3.63, 3.8) is 0 Å². The molecular weight excluding hydrogens is 460 g/mol. The Bertz CT molecular complexity index is 1220. The van der Waals surface area contributed by atoms with E-state index in [1.165, 1.54) is 30.3 Å². The molecule has 35 heavy (non-hydrogen) atoms. The SMILES string of the molecule is [B]COc1ccc(-c2ccc(-c3ccc(C(=O)OC4COC(C=C)OC4)c(F)c3)cc2)c(F)c1F. The van der Waals surface area contributed by atoms with E-state index in [4.69, 9.17) is 26.8 Å². The molecule has 5 nitrogen and oxygen atoms in total. The summed E-state index contributed by atoms with van der Waals surface area (Å²) in [5.41, 5.74) is 1.33. The molecule has 1 saturated heterocycles. The molecule has 1 aliphatic rings. The summed E-state index contributed by atoms with van der Waals surface area (Å²) >= 11 is 0. The third-order valence-electron chi connectivity index (χ3n) is 5.36. The minimum atomic E-state index is -1.13. The van der Waals surface area contributed by atoms with Crippen LogP contribution in [-0.2, 0) is 14.2 Å². The number of halogens is 3. The van der Waals surface area contributed by atoms with Gasteiger partial charge in [-0.3, -0.25) is 0 Å². The summed E-state index contributed by atoms with van der Waals surface area (Å²) < 4.78 is 64.0. The molecule has 9 heteroatoms. The summed E-state index contributed by atoms with van der Waals surface area (Å²) in [7, 11) is 5.21. The molecule has 0 atom stereocenters. The van der Waals surface area contributed by atoms with Gasteiger partial charge in [-0.2, -0.15) is 4.39 Å². The van der Waals surface area contributed by atoms with Gasteiger partial charge in [0.15, 0.2) is 17.9 Å².